The highest BCUT2D eigenvalue weighted by Crippen LogP contribution is 2.23. The predicted octanol–water partition coefficient (Wildman–Crippen LogP) is 2.19. The van der Waals surface area contributed by atoms with Crippen LogP contribution in [0, 0.1) is 11.6 Å². The van der Waals surface area contributed by atoms with E-state index < -0.39 is 54.0 Å². The van der Waals surface area contributed by atoms with Crippen LogP contribution in [0.4, 0.5) is 13.6 Å². The van der Waals surface area contributed by atoms with E-state index in [1.165, 1.54) is 0 Å². The fraction of sp³-hybridized carbons (Fsp3) is 0.444. The smallest absolute Gasteiger partial charge is 0.326 e. The number of esters is 1. The van der Waals surface area contributed by atoms with Gasteiger partial charge in [-0.3, -0.25) is 19.3 Å². The normalized spacial score (nSPS) is 19.2. The summed E-state index contributed by atoms with van der Waals surface area (Å²) in [5.41, 5.74) is -1.24. The number of nitrogens with zero attached hydrogens (tertiary/aromatic N) is 1. The van der Waals surface area contributed by atoms with Crippen LogP contribution in [0.1, 0.15) is 43.5 Å². The first-order valence-electron chi connectivity index (χ1n) is 8.46. The number of amides is 3. The van der Waals surface area contributed by atoms with Crippen molar-refractivity contribution in [1.29, 1.82) is 0 Å². The first-order chi connectivity index (χ1) is 12.7. The number of ether oxygens (including phenoxy) is 1. The molecule has 0 aromatic heterocycles. The van der Waals surface area contributed by atoms with E-state index in [1.807, 2.05) is 6.92 Å². The Labute approximate surface area is 154 Å². The van der Waals surface area contributed by atoms with E-state index >= 15 is 0 Å². The number of hydrogen-bond acceptors (Lipinski definition) is 5. The van der Waals surface area contributed by atoms with Crippen molar-refractivity contribution in [2.45, 2.75) is 38.6 Å². The van der Waals surface area contributed by atoms with Gasteiger partial charge in [0.2, 0.25) is 0 Å². The third-order valence-electron chi connectivity index (χ3n) is 4.27. The fourth-order valence-electron chi connectivity index (χ4n) is 2.66. The van der Waals surface area contributed by atoms with Crippen molar-refractivity contribution in [2.24, 2.45) is 0 Å². The lowest BCUT2D eigenvalue weighted by molar-refractivity contribution is -0.146. The van der Waals surface area contributed by atoms with Crippen molar-refractivity contribution < 1.29 is 32.7 Å². The van der Waals surface area contributed by atoms with Gasteiger partial charge >= 0.3 is 12.0 Å². The van der Waals surface area contributed by atoms with Crippen LogP contribution >= 0.6 is 0 Å². The number of halogens is 2. The Balaban J connectivity index is 1.91. The Bertz CT molecular complexity index is 783. The molecule has 3 amide bonds. The predicted molar refractivity (Wildman–Crippen MR) is 89.8 cm³/mol. The van der Waals surface area contributed by atoms with Gasteiger partial charge in [-0.2, -0.15) is 0 Å². The second-order valence-corrected chi connectivity index (χ2v) is 6.47. The van der Waals surface area contributed by atoms with Gasteiger partial charge in [-0.1, -0.05) is 19.8 Å². The molecule has 0 aliphatic carbocycles. The number of Topliss-reactive ketones (excluding diaryl/α,β-unsaturated/α-hetero) is 1. The highest BCUT2D eigenvalue weighted by molar-refractivity contribution is 6.08. The number of imide groups is 1. The van der Waals surface area contributed by atoms with E-state index in [4.69, 9.17) is 4.74 Å². The minimum absolute atomic E-state index is 0.163. The first-order valence-corrected chi connectivity index (χ1v) is 8.46. The van der Waals surface area contributed by atoms with Crippen molar-refractivity contribution in [3.8, 4) is 0 Å². The van der Waals surface area contributed by atoms with Crippen LogP contribution in [0.2, 0.25) is 0 Å². The average Bonchev–Trinajstić information content (AvgIpc) is 2.83. The molecule has 7 nitrogen and oxygen atoms in total. The van der Waals surface area contributed by atoms with E-state index in [1.54, 1.807) is 6.92 Å². The maximum Gasteiger partial charge on any atom is 0.326 e. The molecule has 0 saturated carbocycles. The molecule has 27 heavy (non-hydrogen) atoms. The summed E-state index contributed by atoms with van der Waals surface area (Å²) in [5, 5.41) is 2.56. The van der Waals surface area contributed by atoms with Crippen molar-refractivity contribution in [3.05, 3.63) is 35.4 Å². The number of ketones is 1. The van der Waals surface area contributed by atoms with Crippen LogP contribution in [0.3, 0.4) is 0 Å². The van der Waals surface area contributed by atoms with Gasteiger partial charge in [0.05, 0.1) is 0 Å². The molecule has 146 valence electrons. The Morgan fingerprint density at radius 1 is 1.22 bits per heavy atom. The van der Waals surface area contributed by atoms with E-state index in [9.17, 15) is 28.0 Å². The SMILES string of the molecule is CCCC[C@@]1(C)NC(=O)N(CC(=O)OCC(=O)c2ccc(F)c(F)c2)C1=O. The molecule has 1 saturated heterocycles. The maximum absolute atomic E-state index is 13.1. The number of urea groups is 1. The summed E-state index contributed by atoms with van der Waals surface area (Å²) >= 11 is 0. The van der Waals surface area contributed by atoms with Gasteiger partial charge in [0.1, 0.15) is 12.1 Å². The van der Waals surface area contributed by atoms with Gasteiger partial charge in [-0.05, 0) is 31.5 Å². The monoisotopic (exact) mass is 382 g/mol. The summed E-state index contributed by atoms with van der Waals surface area (Å²) in [4.78, 5) is 48.9. The van der Waals surface area contributed by atoms with Gasteiger partial charge in [0, 0.05) is 5.56 Å². The highest BCUT2D eigenvalue weighted by atomic mass is 19.2. The number of carbonyl (C=O) groups excluding carboxylic acids is 4. The Hall–Kier alpha value is -2.84. The van der Waals surface area contributed by atoms with Gasteiger partial charge in [-0.15, -0.1) is 0 Å². The number of unbranched alkanes of at least 4 members (excludes halogenated alkanes) is 1. The maximum atomic E-state index is 13.1. The standard InChI is InChI=1S/C18H20F2N2O5/c1-3-4-7-18(2)16(25)22(17(26)21-18)9-15(24)27-10-14(23)11-5-6-12(19)13(20)8-11/h5-6,8H,3-4,7,9-10H2,1-2H3,(H,21,26)/t18-/m1/s1. The summed E-state index contributed by atoms with van der Waals surface area (Å²) in [6.07, 6.45) is 2.00. The van der Waals surface area contributed by atoms with Crippen molar-refractivity contribution in [1.82, 2.24) is 10.2 Å². The largest absolute Gasteiger partial charge is 0.456 e. The third-order valence-corrected chi connectivity index (χ3v) is 4.27. The summed E-state index contributed by atoms with van der Waals surface area (Å²) in [6.45, 7) is 2.17. The second kappa shape index (κ2) is 8.24. The Morgan fingerprint density at radius 3 is 2.56 bits per heavy atom. The zero-order chi connectivity index (χ0) is 20.2. The third kappa shape index (κ3) is 4.66. The summed E-state index contributed by atoms with van der Waals surface area (Å²) in [5.74, 6) is -4.54. The number of rotatable bonds is 8. The summed E-state index contributed by atoms with van der Waals surface area (Å²) in [7, 11) is 0. The van der Waals surface area contributed by atoms with Gasteiger partial charge in [0.15, 0.2) is 24.0 Å². The number of nitrogens with one attached hydrogen (secondary N) is 1. The molecule has 0 unspecified atom stereocenters. The Kier molecular flexibility index (Phi) is 6.24. The van der Waals surface area contributed by atoms with Gasteiger partial charge in [-0.25, -0.2) is 13.6 Å². The zero-order valence-electron chi connectivity index (χ0n) is 15.0. The minimum atomic E-state index is -1.20. The lowest BCUT2D eigenvalue weighted by Crippen LogP contribution is -2.44. The molecular formula is C18H20F2N2O5. The highest BCUT2D eigenvalue weighted by Gasteiger charge is 2.47. The molecule has 1 N–H and O–H groups in total. The van der Waals surface area contributed by atoms with Crippen molar-refractivity contribution >= 4 is 23.7 Å². The van der Waals surface area contributed by atoms with Crippen LogP contribution in [0.25, 0.3) is 0 Å². The molecule has 1 fully saturated rings. The summed E-state index contributed by atoms with van der Waals surface area (Å²) in [6, 6.07) is 1.84. The second-order valence-electron chi connectivity index (χ2n) is 6.47. The molecule has 1 aliphatic rings. The first kappa shape index (κ1) is 20.5. The summed E-state index contributed by atoms with van der Waals surface area (Å²) < 4.78 is 30.8. The molecule has 9 heteroatoms. The van der Waals surface area contributed by atoms with Gasteiger partial charge < -0.3 is 10.1 Å². The number of benzene rings is 1. The molecule has 0 bridgehead atoms. The topological polar surface area (TPSA) is 92.8 Å². The molecule has 1 aromatic carbocycles. The molecule has 0 radical (unpaired) electrons. The average molecular weight is 382 g/mol. The lowest BCUT2D eigenvalue weighted by Gasteiger charge is -2.21. The van der Waals surface area contributed by atoms with Crippen LogP contribution in [-0.2, 0) is 14.3 Å². The minimum Gasteiger partial charge on any atom is -0.456 e. The molecule has 1 atom stereocenters. The zero-order valence-corrected chi connectivity index (χ0v) is 15.0. The van der Waals surface area contributed by atoms with E-state index in [0.29, 0.717) is 12.5 Å². The van der Waals surface area contributed by atoms with Crippen molar-refractivity contribution in [3.63, 3.8) is 0 Å². The Morgan fingerprint density at radius 2 is 1.93 bits per heavy atom. The van der Waals surface area contributed by atoms with Gasteiger partial charge in [0.25, 0.3) is 5.91 Å². The molecule has 2 rings (SSSR count). The van der Waals surface area contributed by atoms with Crippen LogP contribution in [-0.4, -0.2) is 47.3 Å². The van der Waals surface area contributed by atoms with Crippen LogP contribution in [0.5, 0.6) is 0 Å². The quantitative estimate of drug-likeness (QED) is 0.423. The molecule has 1 aromatic rings. The molecule has 1 aliphatic heterocycles. The van der Waals surface area contributed by atoms with E-state index in [0.717, 1.165) is 29.9 Å². The lowest BCUT2D eigenvalue weighted by atomic mass is 9.95. The molecule has 1 heterocycles. The van der Waals surface area contributed by atoms with E-state index in [2.05, 4.69) is 5.32 Å². The van der Waals surface area contributed by atoms with Crippen molar-refractivity contribution in [2.75, 3.05) is 13.2 Å². The fourth-order valence-corrected chi connectivity index (χ4v) is 2.66. The van der Waals surface area contributed by atoms with Crippen LogP contribution in [0.15, 0.2) is 18.2 Å². The molecular weight excluding hydrogens is 362 g/mol. The molecule has 0 spiro atoms. The van der Waals surface area contributed by atoms with Crippen LogP contribution < -0.4 is 5.32 Å². The number of hydrogen-bond donors (Lipinski definition) is 1. The number of carbonyl (C=O) groups is 4. The van der Waals surface area contributed by atoms with E-state index in [-0.39, 0.29) is 5.56 Å².